The molecule has 0 aliphatic carbocycles. The van der Waals surface area contributed by atoms with Crippen LogP contribution in [0.5, 0.6) is 0 Å². The third-order valence-corrected chi connectivity index (χ3v) is 4.96. The summed E-state index contributed by atoms with van der Waals surface area (Å²) < 4.78 is 3.89. The number of pyridine rings is 1. The molecule has 0 bridgehead atoms. The number of benzene rings is 1. The summed E-state index contributed by atoms with van der Waals surface area (Å²) in [5.74, 6) is 1.02. The van der Waals surface area contributed by atoms with Crippen LogP contribution in [0.2, 0.25) is 0 Å². The van der Waals surface area contributed by atoms with Crippen molar-refractivity contribution in [3.63, 3.8) is 0 Å². The third kappa shape index (κ3) is 2.50. The van der Waals surface area contributed by atoms with Crippen molar-refractivity contribution in [2.75, 3.05) is 5.32 Å². The van der Waals surface area contributed by atoms with Gasteiger partial charge in [-0.1, -0.05) is 6.07 Å². The van der Waals surface area contributed by atoms with E-state index in [1.807, 2.05) is 12.3 Å². The molecular formula is C19H22N4O. The Hall–Kier alpha value is -2.56. The number of nitrogens with zero attached hydrogens (tertiary/aromatic N) is 3. The fraction of sp³-hybridized carbons (Fsp3) is 0.368. The minimum atomic E-state index is 0.0341. The van der Waals surface area contributed by atoms with Crippen LogP contribution in [0.4, 0.5) is 5.69 Å². The average molecular weight is 322 g/mol. The van der Waals surface area contributed by atoms with E-state index in [-0.39, 0.29) is 5.56 Å². The molecule has 1 atom stereocenters. The predicted molar refractivity (Wildman–Crippen MR) is 96.5 cm³/mol. The van der Waals surface area contributed by atoms with Gasteiger partial charge in [-0.2, -0.15) is 0 Å². The fourth-order valence-electron chi connectivity index (χ4n) is 3.54. The van der Waals surface area contributed by atoms with Gasteiger partial charge in [0.2, 0.25) is 0 Å². The average Bonchev–Trinajstić information content (AvgIpc) is 2.90. The zero-order valence-corrected chi connectivity index (χ0v) is 14.1. The molecule has 1 N–H and O–H groups in total. The third-order valence-electron chi connectivity index (χ3n) is 4.96. The lowest BCUT2D eigenvalue weighted by Crippen LogP contribution is -2.22. The van der Waals surface area contributed by atoms with Crippen molar-refractivity contribution in [2.24, 2.45) is 7.05 Å². The molecule has 0 saturated carbocycles. The van der Waals surface area contributed by atoms with Gasteiger partial charge in [0.1, 0.15) is 5.82 Å². The zero-order valence-electron chi connectivity index (χ0n) is 14.1. The highest BCUT2D eigenvalue weighted by Crippen LogP contribution is 2.31. The summed E-state index contributed by atoms with van der Waals surface area (Å²) in [6.07, 6.45) is 4.78. The molecule has 3 aromatic rings. The van der Waals surface area contributed by atoms with Gasteiger partial charge in [0.15, 0.2) is 0 Å². The Kier molecular flexibility index (Phi) is 3.63. The molecule has 5 heteroatoms. The second kappa shape index (κ2) is 5.82. The molecule has 124 valence electrons. The molecule has 1 aromatic carbocycles. The fourth-order valence-corrected chi connectivity index (χ4v) is 3.54. The number of rotatable bonds is 3. The van der Waals surface area contributed by atoms with Crippen LogP contribution in [0, 0.1) is 0 Å². The highest BCUT2D eigenvalue weighted by molar-refractivity contribution is 5.85. The summed E-state index contributed by atoms with van der Waals surface area (Å²) in [4.78, 5) is 16.8. The van der Waals surface area contributed by atoms with Gasteiger partial charge < -0.3 is 14.5 Å². The van der Waals surface area contributed by atoms with Crippen molar-refractivity contribution >= 4 is 16.7 Å². The quantitative estimate of drug-likeness (QED) is 0.807. The topological polar surface area (TPSA) is 51.9 Å². The number of nitrogens with one attached hydrogen (secondary N) is 1. The first-order valence-electron chi connectivity index (χ1n) is 8.52. The Morgan fingerprint density at radius 2 is 2.17 bits per heavy atom. The van der Waals surface area contributed by atoms with Crippen molar-refractivity contribution in [3.05, 3.63) is 58.3 Å². The summed E-state index contributed by atoms with van der Waals surface area (Å²) in [6, 6.07) is 10.1. The van der Waals surface area contributed by atoms with Gasteiger partial charge in [0.25, 0.3) is 5.56 Å². The Balaban J connectivity index is 1.68. The van der Waals surface area contributed by atoms with E-state index in [1.165, 1.54) is 16.8 Å². The van der Waals surface area contributed by atoms with Crippen LogP contribution in [-0.2, 0) is 26.4 Å². The molecule has 2 aromatic heterocycles. The first kappa shape index (κ1) is 15.0. The van der Waals surface area contributed by atoms with Gasteiger partial charge in [0.05, 0.1) is 11.0 Å². The van der Waals surface area contributed by atoms with Gasteiger partial charge in [-0.3, -0.25) is 4.79 Å². The molecule has 3 heterocycles. The molecule has 0 amide bonds. The molecule has 0 spiro atoms. The first-order valence-corrected chi connectivity index (χ1v) is 8.52. The molecule has 1 aliphatic rings. The number of hydrogen-bond donors (Lipinski definition) is 1. The Morgan fingerprint density at radius 3 is 3.00 bits per heavy atom. The van der Waals surface area contributed by atoms with Gasteiger partial charge >= 0.3 is 0 Å². The number of aromatic nitrogens is 3. The molecule has 1 aliphatic heterocycles. The lowest BCUT2D eigenvalue weighted by Gasteiger charge is -2.24. The molecule has 5 nitrogen and oxygen atoms in total. The van der Waals surface area contributed by atoms with E-state index in [0.717, 1.165) is 30.6 Å². The summed E-state index contributed by atoms with van der Waals surface area (Å²) in [6.45, 7) is 2.86. The maximum absolute atomic E-state index is 11.8. The number of aryl methyl sites for hydroxylation is 4. The molecule has 0 unspecified atom stereocenters. The number of fused-ring (bicyclic) bond motifs is 3. The van der Waals surface area contributed by atoms with E-state index in [2.05, 4.69) is 36.0 Å². The number of anilines is 1. The summed E-state index contributed by atoms with van der Waals surface area (Å²) >= 11 is 0. The minimum absolute atomic E-state index is 0.0341. The summed E-state index contributed by atoms with van der Waals surface area (Å²) in [7, 11) is 2.06. The van der Waals surface area contributed by atoms with Gasteiger partial charge in [-0.25, -0.2) is 4.98 Å². The molecular weight excluding hydrogens is 300 g/mol. The van der Waals surface area contributed by atoms with E-state index in [0.29, 0.717) is 12.6 Å². The van der Waals surface area contributed by atoms with E-state index >= 15 is 0 Å². The van der Waals surface area contributed by atoms with Crippen molar-refractivity contribution < 1.29 is 0 Å². The second-order valence-electron chi connectivity index (χ2n) is 6.61. The molecule has 0 saturated heterocycles. The normalized spacial score (nSPS) is 16.8. The van der Waals surface area contributed by atoms with E-state index < -0.39 is 0 Å². The number of imidazole rings is 1. The van der Waals surface area contributed by atoms with Crippen molar-refractivity contribution in [1.29, 1.82) is 0 Å². The van der Waals surface area contributed by atoms with Crippen LogP contribution in [0.15, 0.2) is 41.3 Å². The zero-order chi connectivity index (χ0) is 16.7. The number of hydrogen-bond acceptors (Lipinski definition) is 3. The highest BCUT2D eigenvalue weighted by atomic mass is 16.1. The Morgan fingerprint density at radius 1 is 1.29 bits per heavy atom. The van der Waals surface area contributed by atoms with Gasteiger partial charge in [-0.05, 0) is 38.0 Å². The summed E-state index contributed by atoms with van der Waals surface area (Å²) in [5, 5.41) is 3.55. The lowest BCUT2D eigenvalue weighted by molar-refractivity contribution is 0.635. The van der Waals surface area contributed by atoms with Crippen LogP contribution in [0.3, 0.4) is 0 Å². The second-order valence-corrected chi connectivity index (χ2v) is 6.61. The molecule has 0 fully saturated rings. The van der Waals surface area contributed by atoms with Crippen LogP contribution in [-0.4, -0.2) is 20.2 Å². The first-order chi connectivity index (χ1) is 11.6. The van der Waals surface area contributed by atoms with E-state index in [4.69, 9.17) is 4.98 Å². The van der Waals surface area contributed by atoms with Crippen molar-refractivity contribution in [2.45, 2.75) is 38.8 Å². The SMILES string of the molecule is C[C@H]1CCc2c(ccc3c2nc(CCn2ccccc2=O)n3C)N1. The van der Waals surface area contributed by atoms with Crippen molar-refractivity contribution in [1.82, 2.24) is 14.1 Å². The highest BCUT2D eigenvalue weighted by Gasteiger charge is 2.19. The largest absolute Gasteiger partial charge is 0.382 e. The smallest absolute Gasteiger partial charge is 0.250 e. The monoisotopic (exact) mass is 322 g/mol. The minimum Gasteiger partial charge on any atom is -0.382 e. The van der Waals surface area contributed by atoms with E-state index in [1.54, 1.807) is 16.7 Å². The predicted octanol–water partition coefficient (Wildman–Crippen LogP) is 2.72. The molecule has 4 rings (SSSR count). The van der Waals surface area contributed by atoms with Crippen LogP contribution >= 0.6 is 0 Å². The van der Waals surface area contributed by atoms with Crippen LogP contribution in [0.25, 0.3) is 11.0 Å². The van der Waals surface area contributed by atoms with Gasteiger partial charge in [-0.15, -0.1) is 0 Å². The maximum Gasteiger partial charge on any atom is 0.250 e. The van der Waals surface area contributed by atoms with Crippen LogP contribution in [0.1, 0.15) is 24.7 Å². The Labute approximate surface area is 140 Å². The maximum atomic E-state index is 11.8. The summed E-state index contributed by atoms with van der Waals surface area (Å²) in [5.41, 5.74) is 4.84. The standard InChI is InChI=1S/C19H22N4O/c1-13-6-7-14-15(20-13)8-9-16-19(14)21-17(22(16)2)10-12-23-11-4-3-5-18(23)24/h3-5,8-9,11,13,20H,6-7,10,12H2,1-2H3/t13-/m0/s1. The molecule has 24 heavy (non-hydrogen) atoms. The lowest BCUT2D eigenvalue weighted by atomic mass is 9.98. The van der Waals surface area contributed by atoms with E-state index in [9.17, 15) is 4.79 Å². The van der Waals surface area contributed by atoms with Crippen LogP contribution < -0.4 is 10.9 Å². The molecule has 0 radical (unpaired) electrons. The van der Waals surface area contributed by atoms with Gasteiger partial charge in [0, 0.05) is 49.6 Å². The Bertz CT molecular complexity index is 954. The van der Waals surface area contributed by atoms with Crippen molar-refractivity contribution in [3.8, 4) is 0 Å².